The van der Waals surface area contributed by atoms with Crippen LogP contribution in [-0.4, -0.2) is 61.0 Å². The number of para-hydroxylation sites is 1. The number of benzene rings is 1. The molecular weight excluding hydrogens is 341 g/mol. The molecule has 3 aliphatic heterocycles. The predicted octanol–water partition coefficient (Wildman–Crippen LogP) is 3.37. The number of halogens is 1. The number of anilines is 1. The lowest BCUT2D eigenvalue weighted by molar-refractivity contribution is -0.122. The Bertz CT molecular complexity index is 659. The van der Waals surface area contributed by atoms with E-state index in [-0.39, 0.29) is 17.8 Å². The van der Waals surface area contributed by atoms with Crippen LogP contribution in [-0.2, 0) is 4.79 Å². The molecule has 3 aliphatic rings. The first kappa shape index (κ1) is 18.9. The third-order valence-electron chi connectivity index (χ3n) is 6.70. The first-order valence-corrected chi connectivity index (χ1v) is 10.6. The summed E-state index contributed by atoms with van der Waals surface area (Å²) in [6.45, 7) is 8.59. The minimum absolute atomic E-state index is 0.0752. The summed E-state index contributed by atoms with van der Waals surface area (Å²) in [7, 11) is 0. The van der Waals surface area contributed by atoms with Gasteiger partial charge in [-0.15, -0.1) is 0 Å². The van der Waals surface area contributed by atoms with Gasteiger partial charge in [0.05, 0.1) is 11.7 Å². The summed E-state index contributed by atoms with van der Waals surface area (Å²) >= 11 is 0. The van der Waals surface area contributed by atoms with Gasteiger partial charge in [-0.25, -0.2) is 4.39 Å². The molecule has 5 heteroatoms. The number of carbonyl (C=O) groups is 1. The highest BCUT2D eigenvalue weighted by Crippen LogP contribution is 2.29. The second-order valence-corrected chi connectivity index (χ2v) is 8.73. The minimum Gasteiger partial charge on any atom is -0.308 e. The molecule has 1 amide bonds. The van der Waals surface area contributed by atoms with Gasteiger partial charge >= 0.3 is 0 Å². The number of likely N-dealkylation sites (tertiary alicyclic amines) is 2. The molecule has 3 heterocycles. The lowest BCUT2D eigenvalue weighted by atomic mass is 9.93. The van der Waals surface area contributed by atoms with Crippen molar-refractivity contribution in [2.45, 2.75) is 45.1 Å². The molecule has 1 aromatic rings. The van der Waals surface area contributed by atoms with Crippen LogP contribution in [0.1, 0.15) is 39.0 Å². The first-order chi connectivity index (χ1) is 13.1. The van der Waals surface area contributed by atoms with Gasteiger partial charge in [-0.1, -0.05) is 19.1 Å². The first-order valence-electron chi connectivity index (χ1n) is 10.6. The van der Waals surface area contributed by atoms with E-state index in [2.05, 4.69) is 16.7 Å². The highest BCUT2D eigenvalue weighted by Gasteiger charge is 2.39. The maximum Gasteiger partial charge on any atom is 0.244 e. The Morgan fingerprint density at radius 2 is 1.81 bits per heavy atom. The quantitative estimate of drug-likeness (QED) is 0.810. The van der Waals surface area contributed by atoms with Crippen LogP contribution in [0.3, 0.4) is 0 Å². The van der Waals surface area contributed by atoms with Crippen LogP contribution in [0.4, 0.5) is 10.1 Å². The predicted molar refractivity (Wildman–Crippen MR) is 106 cm³/mol. The van der Waals surface area contributed by atoms with Gasteiger partial charge in [-0.05, 0) is 75.7 Å². The fraction of sp³-hybridized carbons (Fsp3) is 0.682. The largest absolute Gasteiger partial charge is 0.308 e. The monoisotopic (exact) mass is 373 g/mol. The van der Waals surface area contributed by atoms with Gasteiger partial charge in [0.2, 0.25) is 5.91 Å². The smallest absolute Gasteiger partial charge is 0.244 e. The molecule has 4 rings (SSSR count). The Morgan fingerprint density at radius 1 is 1.04 bits per heavy atom. The Kier molecular flexibility index (Phi) is 5.79. The Hall–Kier alpha value is -1.46. The van der Waals surface area contributed by atoms with Crippen molar-refractivity contribution in [3.05, 3.63) is 30.1 Å². The van der Waals surface area contributed by atoms with Gasteiger partial charge in [0.15, 0.2) is 0 Å². The van der Waals surface area contributed by atoms with E-state index in [1.807, 2.05) is 0 Å². The van der Waals surface area contributed by atoms with E-state index in [9.17, 15) is 9.18 Å². The van der Waals surface area contributed by atoms with E-state index in [0.29, 0.717) is 18.2 Å². The van der Waals surface area contributed by atoms with Crippen molar-refractivity contribution in [1.29, 1.82) is 0 Å². The summed E-state index contributed by atoms with van der Waals surface area (Å²) in [6.07, 6.45) is 5.87. The third-order valence-corrected chi connectivity index (χ3v) is 6.70. The van der Waals surface area contributed by atoms with Crippen molar-refractivity contribution in [2.75, 3.05) is 44.2 Å². The molecule has 4 nitrogen and oxygen atoms in total. The maximum atomic E-state index is 14.1. The molecule has 0 N–H and O–H groups in total. The summed E-state index contributed by atoms with van der Waals surface area (Å²) in [5, 5.41) is 0. The normalized spacial score (nSPS) is 28.8. The molecule has 0 radical (unpaired) electrons. The van der Waals surface area contributed by atoms with Gasteiger partial charge < -0.3 is 9.80 Å². The number of amides is 1. The van der Waals surface area contributed by atoms with Crippen molar-refractivity contribution in [3.8, 4) is 0 Å². The molecule has 27 heavy (non-hydrogen) atoms. The maximum absolute atomic E-state index is 14.1. The van der Waals surface area contributed by atoms with Gasteiger partial charge in [0, 0.05) is 19.6 Å². The van der Waals surface area contributed by atoms with Crippen LogP contribution in [0.5, 0.6) is 0 Å². The molecule has 3 saturated heterocycles. The van der Waals surface area contributed by atoms with Crippen LogP contribution >= 0.6 is 0 Å². The number of hydrogen-bond donors (Lipinski definition) is 0. The average Bonchev–Trinajstić information content (AvgIpc) is 3.06. The number of carbonyl (C=O) groups excluding carboxylic acids is 1. The standard InChI is InChI=1S/C22H32FN3O/c1-17-8-12-24(13-9-17)15-18-5-4-11-25(16-18)21-10-14-26(22(21)27)20-7-3-2-6-19(20)23/h2-3,6-7,17-18,21H,4-5,8-16H2,1H3. The van der Waals surface area contributed by atoms with Gasteiger partial charge in [-0.3, -0.25) is 9.69 Å². The van der Waals surface area contributed by atoms with Crippen LogP contribution < -0.4 is 4.90 Å². The molecule has 1 aromatic carbocycles. The molecule has 0 aliphatic carbocycles. The van der Waals surface area contributed by atoms with Crippen molar-refractivity contribution >= 4 is 11.6 Å². The molecular formula is C22H32FN3O. The van der Waals surface area contributed by atoms with E-state index < -0.39 is 0 Å². The molecule has 0 aromatic heterocycles. The third kappa shape index (κ3) is 4.19. The Morgan fingerprint density at radius 3 is 2.59 bits per heavy atom. The van der Waals surface area contributed by atoms with Crippen LogP contribution in [0.15, 0.2) is 24.3 Å². The lowest BCUT2D eigenvalue weighted by Crippen LogP contribution is -2.49. The van der Waals surface area contributed by atoms with Crippen LogP contribution in [0, 0.1) is 17.7 Å². The molecule has 2 unspecified atom stereocenters. The molecule has 3 fully saturated rings. The second kappa shape index (κ2) is 8.27. The van der Waals surface area contributed by atoms with E-state index in [1.54, 1.807) is 23.1 Å². The molecule has 2 atom stereocenters. The summed E-state index contributed by atoms with van der Waals surface area (Å²) in [5.41, 5.74) is 0.431. The zero-order valence-corrected chi connectivity index (χ0v) is 16.4. The average molecular weight is 374 g/mol. The number of piperidine rings is 2. The fourth-order valence-corrected chi connectivity index (χ4v) is 5.05. The van der Waals surface area contributed by atoms with E-state index in [1.165, 1.54) is 51.4 Å². The SMILES string of the molecule is CC1CCN(CC2CCCN(C3CCN(c4ccccc4F)C3=O)C2)CC1. The zero-order valence-electron chi connectivity index (χ0n) is 16.4. The van der Waals surface area contributed by atoms with Crippen molar-refractivity contribution < 1.29 is 9.18 Å². The number of rotatable bonds is 4. The van der Waals surface area contributed by atoms with Crippen LogP contribution in [0.25, 0.3) is 0 Å². The number of hydrogen-bond acceptors (Lipinski definition) is 3. The molecule has 0 spiro atoms. The van der Waals surface area contributed by atoms with Gasteiger partial charge in [0.1, 0.15) is 5.82 Å². The minimum atomic E-state index is -0.303. The van der Waals surface area contributed by atoms with Crippen molar-refractivity contribution in [1.82, 2.24) is 9.80 Å². The second-order valence-electron chi connectivity index (χ2n) is 8.73. The fourth-order valence-electron chi connectivity index (χ4n) is 5.05. The summed E-state index contributed by atoms with van der Waals surface area (Å²) < 4.78 is 14.1. The van der Waals surface area contributed by atoms with Crippen LogP contribution in [0.2, 0.25) is 0 Å². The van der Waals surface area contributed by atoms with Gasteiger partial charge in [0.25, 0.3) is 0 Å². The molecule has 148 valence electrons. The summed E-state index contributed by atoms with van der Waals surface area (Å²) in [5.74, 6) is 1.29. The zero-order chi connectivity index (χ0) is 18.8. The highest BCUT2D eigenvalue weighted by molar-refractivity contribution is 5.99. The van der Waals surface area contributed by atoms with E-state index in [4.69, 9.17) is 0 Å². The molecule has 0 bridgehead atoms. The van der Waals surface area contributed by atoms with E-state index >= 15 is 0 Å². The number of nitrogens with zero attached hydrogens (tertiary/aromatic N) is 3. The topological polar surface area (TPSA) is 26.8 Å². The van der Waals surface area contributed by atoms with E-state index in [0.717, 1.165) is 25.4 Å². The Labute approximate surface area is 162 Å². The lowest BCUT2D eigenvalue weighted by Gasteiger charge is -2.39. The van der Waals surface area contributed by atoms with Gasteiger partial charge in [-0.2, -0.15) is 0 Å². The summed E-state index contributed by atoms with van der Waals surface area (Å²) in [6, 6.07) is 6.55. The Balaban J connectivity index is 1.36. The highest BCUT2D eigenvalue weighted by atomic mass is 19.1. The summed E-state index contributed by atoms with van der Waals surface area (Å²) in [4.78, 5) is 19.6. The molecule has 0 saturated carbocycles. The van der Waals surface area contributed by atoms with Crippen molar-refractivity contribution in [2.24, 2.45) is 11.8 Å². The van der Waals surface area contributed by atoms with Crippen molar-refractivity contribution in [3.63, 3.8) is 0 Å².